The average molecular weight is 278 g/mol. The van der Waals surface area contributed by atoms with E-state index in [0.29, 0.717) is 11.8 Å². The lowest BCUT2D eigenvalue weighted by Crippen LogP contribution is -2.05. The van der Waals surface area contributed by atoms with E-state index < -0.39 is 0 Å². The fourth-order valence-corrected chi connectivity index (χ4v) is 3.40. The van der Waals surface area contributed by atoms with Gasteiger partial charge in [0.2, 0.25) is 0 Å². The molecule has 0 heterocycles. The third kappa shape index (κ3) is 3.20. The van der Waals surface area contributed by atoms with Crippen LogP contribution >= 0.6 is 0 Å². The molecule has 0 aromatic heterocycles. The van der Waals surface area contributed by atoms with Crippen LogP contribution in [-0.4, -0.2) is 0 Å². The monoisotopic (exact) mass is 278 g/mol. The highest BCUT2D eigenvalue weighted by atomic mass is 14.3. The Morgan fingerprint density at radius 2 is 1.67 bits per heavy atom. The maximum atomic E-state index is 2.38. The van der Waals surface area contributed by atoms with E-state index in [9.17, 15) is 0 Å². The van der Waals surface area contributed by atoms with Crippen molar-refractivity contribution < 1.29 is 0 Å². The molecule has 1 unspecified atom stereocenters. The number of hydrogen-bond acceptors (Lipinski definition) is 0. The molecule has 0 amide bonds. The molecule has 1 aliphatic carbocycles. The Bertz CT molecular complexity index is 588. The van der Waals surface area contributed by atoms with Gasteiger partial charge < -0.3 is 0 Å². The van der Waals surface area contributed by atoms with E-state index in [1.807, 2.05) is 0 Å². The molecule has 1 atom stereocenters. The van der Waals surface area contributed by atoms with Crippen molar-refractivity contribution in [1.29, 1.82) is 0 Å². The van der Waals surface area contributed by atoms with Gasteiger partial charge in [0.15, 0.2) is 0 Å². The molecule has 1 fully saturated rings. The van der Waals surface area contributed by atoms with Gasteiger partial charge in [-0.2, -0.15) is 0 Å². The van der Waals surface area contributed by atoms with Gasteiger partial charge in [0.05, 0.1) is 0 Å². The molecule has 0 nitrogen and oxygen atoms in total. The van der Waals surface area contributed by atoms with Gasteiger partial charge in [-0.15, -0.1) is 0 Å². The zero-order chi connectivity index (χ0) is 14.8. The van der Waals surface area contributed by atoms with Crippen molar-refractivity contribution in [3.8, 4) is 11.1 Å². The molecule has 0 spiro atoms. The van der Waals surface area contributed by atoms with E-state index in [0.717, 1.165) is 5.92 Å². The van der Waals surface area contributed by atoms with Crippen LogP contribution in [-0.2, 0) is 0 Å². The number of hydrogen-bond donors (Lipinski definition) is 0. The maximum absolute atomic E-state index is 2.38. The lowest BCUT2D eigenvalue weighted by Gasteiger charge is -2.19. The molecule has 2 aromatic carbocycles. The van der Waals surface area contributed by atoms with Crippen molar-refractivity contribution in [3.05, 3.63) is 59.7 Å². The van der Waals surface area contributed by atoms with Crippen molar-refractivity contribution in [1.82, 2.24) is 0 Å². The molecule has 0 saturated heterocycles. The van der Waals surface area contributed by atoms with Crippen LogP contribution < -0.4 is 0 Å². The van der Waals surface area contributed by atoms with E-state index in [2.05, 4.69) is 69.3 Å². The van der Waals surface area contributed by atoms with Crippen molar-refractivity contribution in [3.63, 3.8) is 0 Å². The van der Waals surface area contributed by atoms with Crippen molar-refractivity contribution in [2.24, 2.45) is 5.92 Å². The van der Waals surface area contributed by atoms with Crippen LogP contribution in [0, 0.1) is 5.92 Å². The maximum Gasteiger partial charge on any atom is -0.0141 e. The van der Waals surface area contributed by atoms with Gasteiger partial charge in [-0.1, -0.05) is 69.3 Å². The van der Waals surface area contributed by atoms with Crippen LogP contribution in [0.4, 0.5) is 0 Å². The summed E-state index contributed by atoms with van der Waals surface area (Å²) in [6.45, 7) is 6.93. The Balaban J connectivity index is 1.85. The van der Waals surface area contributed by atoms with Gasteiger partial charge >= 0.3 is 0 Å². The zero-order valence-electron chi connectivity index (χ0n) is 13.5. The summed E-state index contributed by atoms with van der Waals surface area (Å²) >= 11 is 0. The van der Waals surface area contributed by atoms with Crippen LogP contribution in [0.25, 0.3) is 11.1 Å². The first-order valence-corrected chi connectivity index (χ1v) is 8.39. The standard InChI is InChI=1S/C21H26/c1-4-21(15(2)3)18-12-10-17(11-13-18)20-7-5-6-19(14-20)16-8-9-16/h5-7,10-16,21H,4,8-9H2,1-3H3. The zero-order valence-corrected chi connectivity index (χ0v) is 13.5. The van der Waals surface area contributed by atoms with Gasteiger partial charge in [0, 0.05) is 0 Å². The normalized spacial score (nSPS) is 16.2. The van der Waals surface area contributed by atoms with Crippen LogP contribution in [0.15, 0.2) is 48.5 Å². The molecule has 0 aliphatic heterocycles. The minimum absolute atomic E-state index is 0.678. The molecule has 2 aromatic rings. The second kappa shape index (κ2) is 6.05. The molecule has 1 saturated carbocycles. The third-order valence-corrected chi connectivity index (χ3v) is 4.85. The molecular formula is C21H26. The Labute approximate surface area is 129 Å². The third-order valence-electron chi connectivity index (χ3n) is 4.85. The summed E-state index contributed by atoms with van der Waals surface area (Å²) in [4.78, 5) is 0. The summed E-state index contributed by atoms with van der Waals surface area (Å²) in [5.74, 6) is 2.21. The van der Waals surface area contributed by atoms with E-state index in [-0.39, 0.29) is 0 Å². The van der Waals surface area contributed by atoms with Gasteiger partial charge in [-0.05, 0) is 59.3 Å². The largest absolute Gasteiger partial charge is 0.0648 e. The highest BCUT2D eigenvalue weighted by Gasteiger charge is 2.23. The fraction of sp³-hybridized carbons (Fsp3) is 0.429. The van der Waals surface area contributed by atoms with Crippen LogP contribution in [0.3, 0.4) is 0 Å². The first-order chi connectivity index (χ1) is 10.2. The molecular weight excluding hydrogens is 252 g/mol. The molecule has 0 N–H and O–H groups in total. The Morgan fingerprint density at radius 3 is 2.24 bits per heavy atom. The van der Waals surface area contributed by atoms with E-state index in [4.69, 9.17) is 0 Å². The lowest BCUT2D eigenvalue weighted by atomic mass is 9.85. The highest BCUT2D eigenvalue weighted by Crippen LogP contribution is 2.41. The summed E-state index contributed by atoms with van der Waals surface area (Å²) in [6.07, 6.45) is 3.96. The molecule has 0 radical (unpaired) electrons. The predicted octanol–water partition coefficient (Wildman–Crippen LogP) is 6.38. The first kappa shape index (κ1) is 14.4. The summed E-state index contributed by atoms with van der Waals surface area (Å²) < 4.78 is 0. The lowest BCUT2D eigenvalue weighted by molar-refractivity contribution is 0.485. The molecule has 21 heavy (non-hydrogen) atoms. The van der Waals surface area contributed by atoms with E-state index >= 15 is 0 Å². The smallest absolute Gasteiger partial charge is 0.0141 e. The van der Waals surface area contributed by atoms with Crippen molar-refractivity contribution in [2.75, 3.05) is 0 Å². The summed E-state index contributed by atoms with van der Waals surface area (Å²) in [5.41, 5.74) is 5.71. The second-order valence-electron chi connectivity index (χ2n) is 6.78. The Morgan fingerprint density at radius 1 is 0.952 bits per heavy atom. The fourth-order valence-electron chi connectivity index (χ4n) is 3.40. The van der Waals surface area contributed by atoms with Gasteiger partial charge in [0.1, 0.15) is 0 Å². The molecule has 1 aliphatic rings. The first-order valence-electron chi connectivity index (χ1n) is 8.39. The predicted molar refractivity (Wildman–Crippen MR) is 91.7 cm³/mol. The van der Waals surface area contributed by atoms with E-state index in [1.54, 1.807) is 0 Å². The molecule has 0 heteroatoms. The molecule has 3 rings (SSSR count). The van der Waals surface area contributed by atoms with E-state index in [1.165, 1.54) is 41.5 Å². The number of benzene rings is 2. The minimum atomic E-state index is 0.678. The van der Waals surface area contributed by atoms with Gasteiger partial charge in [-0.25, -0.2) is 0 Å². The van der Waals surface area contributed by atoms with Crippen LogP contribution in [0.2, 0.25) is 0 Å². The second-order valence-corrected chi connectivity index (χ2v) is 6.78. The Kier molecular flexibility index (Phi) is 4.14. The SMILES string of the molecule is CCC(c1ccc(-c2cccc(C3CC3)c2)cc1)C(C)C. The van der Waals surface area contributed by atoms with Gasteiger partial charge in [0.25, 0.3) is 0 Å². The quantitative estimate of drug-likeness (QED) is 0.595. The van der Waals surface area contributed by atoms with Crippen molar-refractivity contribution >= 4 is 0 Å². The van der Waals surface area contributed by atoms with Crippen LogP contribution in [0.1, 0.15) is 63.0 Å². The average Bonchev–Trinajstić information content (AvgIpc) is 3.33. The summed E-state index contributed by atoms with van der Waals surface area (Å²) in [6, 6.07) is 18.4. The minimum Gasteiger partial charge on any atom is -0.0648 e. The molecule has 0 bridgehead atoms. The van der Waals surface area contributed by atoms with Gasteiger partial charge in [-0.3, -0.25) is 0 Å². The number of rotatable bonds is 5. The highest BCUT2D eigenvalue weighted by molar-refractivity contribution is 5.65. The topological polar surface area (TPSA) is 0 Å². The summed E-state index contributed by atoms with van der Waals surface area (Å²) in [7, 11) is 0. The summed E-state index contributed by atoms with van der Waals surface area (Å²) in [5, 5.41) is 0. The van der Waals surface area contributed by atoms with Crippen LogP contribution in [0.5, 0.6) is 0 Å². The Hall–Kier alpha value is -1.56. The van der Waals surface area contributed by atoms with Crippen molar-refractivity contribution in [2.45, 2.75) is 51.9 Å². The molecule has 110 valence electrons.